The summed E-state index contributed by atoms with van der Waals surface area (Å²) in [4.78, 5) is 0. The molecule has 1 rings (SSSR count). The molecule has 0 aromatic heterocycles. The van der Waals surface area contributed by atoms with Gasteiger partial charge < -0.3 is 5.11 Å². The zero-order valence-electron chi connectivity index (χ0n) is 6.27. The zero-order valence-corrected chi connectivity index (χ0v) is 6.27. The van der Waals surface area contributed by atoms with Crippen molar-refractivity contribution < 1.29 is 13.9 Å². The summed E-state index contributed by atoms with van der Waals surface area (Å²) in [5.41, 5.74) is 0.0929. The van der Waals surface area contributed by atoms with Crippen LogP contribution in [-0.4, -0.2) is 11.2 Å². The predicted octanol–water partition coefficient (Wildman–Crippen LogP) is 2.24. The van der Waals surface area contributed by atoms with E-state index in [0.29, 0.717) is 6.42 Å². The first kappa shape index (κ1) is 8.40. The van der Waals surface area contributed by atoms with Gasteiger partial charge in [-0.2, -0.15) is 0 Å². The first-order valence-corrected chi connectivity index (χ1v) is 3.58. The van der Waals surface area contributed by atoms with Gasteiger partial charge in [-0.05, 0) is 12.5 Å². The van der Waals surface area contributed by atoms with E-state index in [9.17, 15) is 8.78 Å². The van der Waals surface area contributed by atoms with Crippen LogP contribution in [0.15, 0.2) is 23.3 Å². The number of allylic oxidation sites excluding steroid dienone is 2. The van der Waals surface area contributed by atoms with Crippen molar-refractivity contribution in [3.63, 3.8) is 0 Å². The van der Waals surface area contributed by atoms with Gasteiger partial charge in [0.2, 0.25) is 0 Å². The monoisotopic (exact) mass is 160 g/mol. The quantitative estimate of drug-likeness (QED) is 0.623. The topological polar surface area (TPSA) is 20.2 Å². The molecule has 0 aliphatic heterocycles. The van der Waals surface area contributed by atoms with Gasteiger partial charge in [0.25, 0.3) is 0 Å². The lowest BCUT2D eigenvalue weighted by Crippen LogP contribution is -2.09. The fourth-order valence-electron chi connectivity index (χ4n) is 1.13. The van der Waals surface area contributed by atoms with Gasteiger partial charge in [0.15, 0.2) is 0 Å². The van der Waals surface area contributed by atoms with E-state index in [1.807, 2.05) is 0 Å². The van der Waals surface area contributed by atoms with Crippen molar-refractivity contribution in [3.05, 3.63) is 23.3 Å². The van der Waals surface area contributed by atoms with Crippen LogP contribution in [0.3, 0.4) is 0 Å². The Kier molecular flexibility index (Phi) is 2.39. The van der Waals surface area contributed by atoms with Crippen LogP contribution < -0.4 is 0 Å². The molecule has 0 heterocycles. The maximum Gasteiger partial charge on any atom is 0.127 e. The fourth-order valence-corrected chi connectivity index (χ4v) is 1.13. The van der Waals surface area contributed by atoms with Crippen LogP contribution in [0.5, 0.6) is 0 Å². The van der Waals surface area contributed by atoms with E-state index < -0.39 is 17.8 Å². The lowest BCUT2D eigenvalue weighted by Gasteiger charge is -2.14. The lowest BCUT2D eigenvalue weighted by atomic mass is 10.0. The van der Waals surface area contributed by atoms with E-state index in [0.717, 1.165) is 6.08 Å². The number of rotatable bonds is 1. The smallest absolute Gasteiger partial charge is 0.127 e. The summed E-state index contributed by atoms with van der Waals surface area (Å²) in [5, 5.41) is 8.87. The molecule has 11 heavy (non-hydrogen) atoms. The van der Waals surface area contributed by atoms with Crippen LogP contribution >= 0.6 is 0 Å². The zero-order chi connectivity index (χ0) is 8.43. The molecule has 62 valence electrons. The molecule has 1 aliphatic carbocycles. The second-order valence-corrected chi connectivity index (χ2v) is 2.52. The van der Waals surface area contributed by atoms with Gasteiger partial charge in [-0.15, -0.1) is 0 Å². The molecule has 0 bridgehead atoms. The Labute approximate surface area is 64.0 Å². The van der Waals surface area contributed by atoms with Gasteiger partial charge in [0, 0.05) is 12.0 Å². The summed E-state index contributed by atoms with van der Waals surface area (Å²) >= 11 is 0. The average molecular weight is 160 g/mol. The molecule has 1 N–H and O–H groups in total. The van der Waals surface area contributed by atoms with E-state index in [1.54, 1.807) is 6.92 Å². The first-order chi connectivity index (χ1) is 5.15. The molecule has 0 radical (unpaired) electrons. The van der Waals surface area contributed by atoms with Crippen LogP contribution in [-0.2, 0) is 0 Å². The molecule has 0 amide bonds. The number of aliphatic hydroxyl groups is 1. The lowest BCUT2D eigenvalue weighted by molar-refractivity contribution is 0.207. The number of halogens is 2. The SMILES string of the molecule is CCC1=C(F)CC(O)C=C1F. The van der Waals surface area contributed by atoms with Crippen molar-refractivity contribution in [2.75, 3.05) is 0 Å². The van der Waals surface area contributed by atoms with Crippen LogP contribution in [0.1, 0.15) is 19.8 Å². The van der Waals surface area contributed by atoms with Gasteiger partial charge in [-0.3, -0.25) is 0 Å². The molecule has 0 aromatic carbocycles. The predicted molar refractivity (Wildman–Crippen MR) is 38.2 cm³/mol. The molecule has 3 heteroatoms. The van der Waals surface area contributed by atoms with Crippen LogP contribution in [0.4, 0.5) is 8.78 Å². The van der Waals surface area contributed by atoms with Crippen molar-refractivity contribution >= 4 is 0 Å². The summed E-state index contributed by atoms with van der Waals surface area (Å²) in [6.45, 7) is 1.68. The van der Waals surface area contributed by atoms with Gasteiger partial charge >= 0.3 is 0 Å². The Bertz CT molecular complexity index is 218. The molecular formula is C8H10F2O. The van der Waals surface area contributed by atoms with E-state index in [2.05, 4.69) is 0 Å². The minimum absolute atomic E-state index is 0.0867. The highest BCUT2D eigenvalue weighted by molar-refractivity contribution is 5.32. The van der Waals surface area contributed by atoms with Crippen molar-refractivity contribution in [2.45, 2.75) is 25.9 Å². The highest BCUT2D eigenvalue weighted by Gasteiger charge is 2.19. The molecule has 1 nitrogen and oxygen atoms in total. The second-order valence-electron chi connectivity index (χ2n) is 2.52. The van der Waals surface area contributed by atoms with Crippen molar-refractivity contribution in [1.29, 1.82) is 0 Å². The highest BCUT2D eigenvalue weighted by atomic mass is 19.1. The maximum absolute atomic E-state index is 12.8. The third-order valence-electron chi connectivity index (χ3n) is 1.70. The van der Waals surface area contributed by atoms with E-state index in [4.69, 9.17) is 5.11 Å². The number of hydrogen-bond donors (Lipinski definition) is 1. The molecule has 0 spiro atoms. The van der Waals surface area contributed by atoms with E-state index in [-0.39, 0.29) is 12.0 Å². The van der Waals surface area contributed by atoms with E-state index in [1.165, 1.54) is 0 Å². The minimum atomic E-state index is -0.995. The number of aliphatic hydroxyl groups excluding tert-OH is 1. The Morgan fingerprint density at radius 3 is 2.73 bits per heavy atom. The highest BCUT2D eigenvalue weighted by Crippen LogP contribution is 2.29. The minimum Gasteiger partial charge on any atom is -0.388 e. The van der Waals surface area contributed by atoms with Crippen molar-refractivity contribution in [2.24, 2.45) is 0 Å². The molecule has 1 unspecified atom stereocenters. The normalized spacial score (nSPS) is 25.5. The van der Waals surface area contributed by atoms with Gasteiger partial charge in [-0.1, -0.05) is 6.92 Å². The molecule has 0 saturated heterocycles. The Hall–Kier alpha value is -0.700. The van der Waals surface area contributed by atoms with Gasteiger partial charge in [0.1, 0.15) is 11.7 Å². The second kappa shape index (κ2) is 3.13. The summed E-state index contributed by atoms with van der Waals surface area (Å²) in [6.07, 6.45) is 0.296. The summed E-state index contributed by atoms with van der Waals surface area (Å²) in [7, 11) is 0. The summed E-state index contributed by atoms with van der Waals surface area (Å²) in [5.74, 6) is -1.15. The Morgan fingerprint density at radius 1 is 1.64 bits per heavy atom. The van der Waals surface area contributed by atoms with E-state index >= 15 is 0 Å². The fraction of sp³-hybridized carbons (Fsp3) is 0.500. The molecular weight excluding hydrogens is 150 g/mol. The first-order valence-electron chi connectivity index (χ1n) is 3.58. The summed E-state index contributed by atoms with van der Waals surface area (Å²) < 4.78 is 25.5. The Balaban J connectivity index is 2.90. The Morgan fingerprint density at radius 2 is 2.27 bits per heavy atom. The maximum atomic E-state index is 12.8. The average Bonchev–Trinajstić information content (AvgIpc) is 1.85. The molecule has 1 aliphatic rings. The van der Waals surface area contributed by atoms with Crippen LogP contribution in [0.2, 0.25) is 0 Å². The third-order valence-corrected chi connectivity index (χ3v) is 1.70. The molecule has 0 fully saturated rings. The molecule has 0 aromatic rings. The van der Waals surface area contributed by atoms with Gasteiger partial charge in [0.05, 0.1) is 6.10 Å². The van der Waals surface area contributed by atoms with Crippen LogP contribution in [0, 0.1) is 0 Å². The van der Waals surface area contributed by atoms with Gasteiger partial charge in [-0.25, -0.2) is 8.78 Å². The molecule has 0 saturated carbocycles. The third kappa shape index (κ3) is 1.66. The van der Waals surface area contributed by atoms with Crippen molar-refractivity contribution in [3.8, 4) is 0 Å². The largest absolute Gasteiger partial charge is 0.388 e. The van der Waals surface area contributed by atoms with Crippen molar-refractivity contribution in [1.82, 2.24) is 0 Å². The number of hydrogen-bond acceptors (Lipinski definition) is 1. The molecule has 1 atom stereocenters. The van der Waals surface area contributed by atoms with Crippen LogP contribution in [0.25, 0.3) is 0 Å². The standard InChI is InChI=1S/C8H10F2O/c1-2-6-7(9)3-5(11)4-8(6)10/h3,5,11H,2,4H2,1H3. The summed E-state index contributed by atoms with van der Waals surface area (Å²) in [6, 6.07) is 0.